The van der Waals surface area contributed by atoms with Gasteiger partial charge in [-0.25, -0.2) is 0 Å². The van der Waals surface area contributed by atoms with E-state index < -0.39 is 11.9 Å². The Bertz CT molecular complexity index is 759. The lowest BCUT2D eigenvalue weighted by molar-refractivity contribution is -0.201. The number of ether oxygens (including phenoxy) is 4. The highest BCUT2D eigenvalue weighted by atomic mass is 16.7. The molecule has 162 valence electrons. The molecule has 1 aliphatic heterocycles. The van der Waals surface area contributed by atoms with Gasteiger partial charge in [-0.2, -0.15) is 0 Å². The molecular formula is C26H34O4. The van der Waals surface area contributed by atoms with E-state index in [1.54, 1.807) is 7.11 Å². The van der Waals surface area contributed by atoms with Crippen LogP contribution in [0.5, 0.6) is 0 Å². The van der Waals surface area contributed by atoms with Crippen LogP contribution in [0.2, 0.25) is 0 Å². The van der Waals surface area contributed by atoms with E-state index in [2.05, 4.69) is 43.3 Å². The van der Waals surface area contributed by atoms with E-state index >= 15 is 0 Å². The summed E-state index contributed by atoms with van der Waals surface area (Å²) in [5.41, 5.74) is 1.79. The molecule has 4 nitrogen and oxygen atoms in total. The van der Waals surface area contributed by atoms with Crippen LogP contribution in [0.3, 0.4) is 0 Å². The third-order valence-corrected chi connectivity index (χ3v) is 6.75. The van der Waals surface area contributed by atoms with Crippen LogP contribution in [0.4, 0.5) is 0 Å². The fourth-order valence-corrected chi connectivity index (χ4v) is 5.19. The molecule has 0 spiro atoms. The highest BCUT2D eigenvalue weighted by Crippen LogP contribution is 2.48. The molecule has 4 atom stereocenters. The van der Waals surface area contributed by atoms with Crippen molar-refractivity contribution in [2.75, 3.05) is 7.11 Å². The van der Waals surface area contributed by atoms with Gasteiger partial charge in [0.15, 0.2) is 6.29 Å². The molecule has 0 radical (unpaired) electrons. The van der Waals surface area contributed by atoms with Gasteiger partial charge >= 0.3 is 0 Å². The molecular weight excluding hydrogens is 376 g/mol. The van der Waals surface area contributed by atoms with Gasteiger partial charge in [0.25, 0.3) is 0 Å². The van der Waals surface area contributed by atoms with Gasteiger partial charge < -0.3 is 18.9 Å². The lowest BCUT2D eigenvalue weighted by Crippen LogP contribution is -2.57. The maximum atomic E-state index is 6.83. The highest BCUT2D eigenvalue weighted by Gasteiger charge is 2.61. The fourth-order valence-electron chi connectivity index (χ4n) is 5.19. The van der Waals surface area contributed by atoms with Gasteiger partial charge in [0.1, 0.15) is 11.7 Å². The predicted molar refractivity (Wildman–Crippen MR) is 117 cm³/mol. The minimum Gasteiger partial charge on any atom is -0.365 e. The van der Waals surface area contributed by atoms with Crippen LogP contribution in [0.1, 0.15) is 50.2 Å². The standard InChI is InChI=1S/C26H34O4/c1-20-26(23-16-10-5-11-17-23,29-19-22-14-8-4-9-15-22)24(25(27-2)30-20)28-18-21-12-6-3-7-13-21/h3-4,6-9,12-15,20,23-25H,5,10-11,16-19H2,1-2H3/t20-,24+,25-,26+/m1/s1. The van der Waals surface area contributed by atoms with Crippen molar-refractivity contribution >= 4 is 0 Å². The van der Waals surface area contributed by atoms with Crippen LogP contribution in [-0.2, 0) is 32.2 Å². The second kappa shape index (κ2) is 10.1. The van der Waals surface area contributed by atoms with Crippen LogP contribution >= 0.6 is 0 Å². The van der Waals surface area contributed by atoms with Crippen molar-refractivity contribution in [3.05, 3.63) is 71.8 Å². The molecule has 0 aromatic heterocycles. The van der Waals surface area contributed by atoms with Gasteiger partial charge in [0.2, 0.25) is 0 Å². The zero-order valence-electron chi connectivity index (χ0n) is 18.2. The normalized spacial score (nSPS) is 29.9. The van der Waals surface area contributed by atoms with Crippen LogP contribution in [0.25, 0.3) is 0 Å². The summed E-state index contributed by atoms with van der Waals surface area (Å²) < 4.78 is 25.4. The molecule has 0 amide bonds. The Labute approximate surface area is 180 Å². The number of rotatable bonds is 8. The van der Waals surface area contributed by atoms with Crippen molar-refractivity contribution in [2.24, 2.45) is 5.92 Å². The van der Waals surface area contributed by atoms with Crippen LogP contribution in [0, 0.1) is 5.92 Å². The Morgan fingerprint density at radius 3 is 2.07 bits per heavy atom. The molecule has 2 aliphatic rings. The second-order valence-corrected chi connectivity index (χ2v) is 8.56. The third kappa shape index (κ3) is 4.47. The number of hydrogen-bond donors (Lipinski definition) is 0. The first kappa shape index (κ1) is 21.5. The van der Waals surface area contributed by atoms with Gasteiger partial charge in [0.05, 0.1) is 19.3 Å². The SMILES string of the molecule is CO[C@@H]1O[C@H](C)[C@](OCc2ccccc2)(C2CCCCC2)[C@H]1OCc1ccccc1. The number of hydrogen-bond acceptors (Lipinski definition) is 4. The minimum absolute atomic E-state index is 0.102. The summed E-state index contributed by atoms with van der Waals surface area (Å²) in [7, 11) is 1.70. The highest BCUT2D eigenvalue weighted by molar-refractivity contribution is 5.16. The molecule has 4 heteroatoms. The van der Waals surface area contributed by atoms with Crippen molar-refractivity contribution < 1.29 is 18.9 Å². The molecule has 1 aliphatic carbocycles. The Morgan fingerprint density at radius 2 is 1.47 bits per heavy atom. The molecule has 1 heterocycles. The Kier molecular flexibility index (Phi) is 7.21. The monoisotopic (exact) mass is 410 g/mol. The Hall–Kier alpha value is -1.72. The Balaban J connectivity index is 1.62. The van der Waals surface area contributed by atoms with E-state index in [-0.39, 0.29) is 12.2 Å². The quantitative estimate of drug-likeness (QED) is 0.576. The summed E-state index contributed by atoms with van der Waals surface area (Å²) in [6, 6.07) is 20.7. The first-order valence-corrected chi connectivity index (χ1v) is 11.3. The molecule has 2 fully saturated rings. The first-order chi connectivity index (χ1) is 14.7. The van der Waals surface area contributed by atoms with Gasteiger partial charge in [-0.3, -0.25) is 0 Å². The molecule has 0 unspecified atom stereocenters. The van der Waals surface area contributed by atoms with Gasteiger partial charge in [0, 0.05) is 7.11 Å². The molecule has 0 bridgehead atoms. The average Bonchev–Trinajstić information content (AvgIpc) is 3.09. The smallest absolute Gasteiger partial charge is 0.186 e. The van der Waals surface area contributed by atoms with E-state index in [1.807, 2.05) is 24.3 Å². The Morgan fingerprint density at radius 1 is 0.867 bits per heavy atom. The van der Waals surface area contributed by atoms with Crippen LogP contribution in [-0.4, -0.2) is 31.2 Å². The second-order valence-electron chi connectivity index (χ2n) is 8.56. The average molecular weight is 411 g/mol. The van der Waals surface area contributed by atoms with E-state index in [1.165, 1.54) is 24.8 Å². The maximum Gasteiger partial charge on any atom is 0.186 e. The van der Waals surface area contributed by atoms with Gasteiger partial charge in [-0.1, -0.05) is 79.9 Å². The topological polar surface area (TPSA) is 36.9 Å². The van der Waals surface area contributed by atoms with Crippen molar-refractivity contribution in [1.29, 1.82) is 0 Å². The summed E-state index contributed by atoms with van der Waals surface area (Å²) in [5, 5.41) is 0. The molecule has 2 aromatic rings. The van der Waals surface area contributed by atoms with Crippen molar-refractivity contribution in [3.8, 4) is 0 Å². The van der Waals surface area contributed by atoms with Gasteiger partial charge in [-0.05, 0) is 36.8 Å². The molecule has 1 saturated heterocycles. The van der Waals surface area contributed by atoms with Crippen molar-refractivity contribution in [3.63, 3.8) is 0 Å². The van der Waals surface area contributed by atoms with Gasteiger partial charge in [-0.15, -0.1) is 0 Å². The summed E-state index contributed by atoms with van der Waals surface area (Å²) >= 11 is 0. The van der Waals surface area contributed by atoms with Crippen LogP contribution < -0.4 is 0 Å². The molecule has 4 rings (SSSR count). The predicted octanol–water partition coefficient (Wildman–Crippen LogP) is 5.50. The summed E-state index contributed by atoms with van der Waals surface area (Å²) in [5.74, 6) is 0.394. The summed E-state index contributed by atoms with van der Waals surface area (Å²) in [6.45, 7) is 3.19. The first-order valence-electron chi connectivity index (χ1n) is 11.3. The maximum absolute atomic E-state index is 6.83. The molecule has 1 saturated carbocycles. The van der Waals surface area contributed by atoms with Crippen molar-refractivity contribution in [1.82, 2.24) is 0 Å². The van der Waals surface area contributed by atoms with Crippen molar-refractivity contribution in [2.45, 2.75) is 76.3 Å². The van der Waals surface area contributed by atoms with E-state index in [0.29, 0.717) is 19.1 Å². The summed E-state index contributed by atoms with van der Waals surface area (Å²) in [4.78, 5) is 0. The fraction of sp³-hybridized carbons (Fsp3) is 0.538. The van der Waals surface area contributed by atoms with E-state index in [0.717, 1.165) is 18.4 Å². The van der Waals surface area contributed by atoms with Crippen LogP contribution in [0.15, 0.2) is 60.7 Å². The van der Waals surface area contributed by atoms with E-state index in [9.17, 15) is 0 Å². The third-order valence-electron chi connectivity index (χ3n) is 6.75. The number of methoxy groups -OCH3 is 1. The zero-order chi connectivity index (χ0) is 20.8. The van der Waals surface area contributed by atoms with E-state index in [4.69, 9.17) is 18.9 Å². The molecule has 0 N–H and O–H groups in total. The largest absolute Gasteiger partial charge is 0.365 e. The number of benzene rings is 2. The molecule has 2 aromatic carbocycles. The molecule has 30 heavy (non-hydrogen) atoms. The zero-order valence-corrected chi connectivity index (χ0v) is 18.2. The lowest BCUT2D eigenvalue weighted by Gasteiger charge is -2.45. The lowest BCUT2D eigenvalue weighted by atomic mass is 9.72. The summed E-state index contributed by atoms with van der Waals surface area (Å²) in [6.07, 6.45) is 5.24. The minimum atomic E-state index is -0.522.